The van der Waals surface area contributed by atoms with E-state index in [0.717, 1.165) is 11.3 Å². The number of para-hydroxylation sites is 1. The van der Waals surface area contributed by atoms with Crippen molar-refractivity contribution in [1.29, 1.82) is 0 Å². The van der Waals surface area contributed by atoms with Gasteiger partial charge < -0.3 is 9.73 Å². The van der Waals surface area contributed by atoms with Crippen LogP contribution in [0.1, 0.15) is 16.1 Å². The van der Waals surface area contributed by atoms with E-state index in [1.165, 1.54) is 0 Å². The Morgan fingerprint density at radius 2 is 1.57 bits per heavy atom. The van der Waals surface area contributed by atoms with E-state index in [1.807, 2.05) is 67.6 Å². The van der Waals surface area contributed by atoms with Gasteiger partial charge in [0.2, 0.25) is 0 Å². The number of anilines is 1. The van der Waals surface area contributed by atoms with Gasteiger partial charge in [-0.15, -0.1) is 0 Å². The van der Waals surface area contributed by atoms with Crippen molar-refractivity contribution in [2.75, 3.05) is 5.32 Å². The molecule has 0 spiro atoms. The lowest BCUT2D eigenvalue weighted by molar-refractivity contribution is 0.102. The van der Waals surface area contributed by atoms with Crippen molar-refractivity contribution in [2.45, 2.75) is 6.92 Å². The third-order valence-electron chi connectivity index (χ3n) is 3.17. The van der Waals surface area contributed by atoms with Crippen molar-refractivity contribution in [3.63, 3.8) is 0 Å². The minimum absolute atomic E-state index is 0.170. The van der Waals surface area contributed by atoms with Crippen LogP contribution in [-0.2, 0) is 0 Å². The highest BCUT2D eigenvalue weighted by atomic mass is 16.3. The zero-order valence-corrected chi connectivity index (χ0v) is 11.7. The summed E-state index contributed by atoms with van der Waals surface area (Å²) in [6.07, 6.45) is 0. The lowest BCUT2D eigenvalue weighted by Crippen LogP contribution is -2.11. The fraction of sp³-hybridized carbons (Fsp3) is 0.0556. The smallest absolute Gasteiger partial charge is 0.259 e. The summed E-state index contributed by atoms with van der Waals surface area (Å²) in [5, 5.41) is 2.88. The fourth-order valence-corrected chi connectivity index (χ4v) is 2.21. The first kappa shape index (κ1) is 13.2. The summed E-state index contributed by atoms with van der Waals surface area (Å²) in [5.41, 5.74) is 2.20. The van der Waals surface area contributed by atoms with Crippen LogP contribution in [0.25, 0.3) is 11.3 Å². The first-order chi connectivity index (χ1) is 10.2. The Labute approximate surface area is 123 Å². The van der Waals surface area contributed by atoms with E-state index in [-0.39, 0.29) is 5.91 Å². The maximum absolute atomic E-state index is 12.5. The van der Waals surface area contributed by atoms with Crippen LogP contribution in [-0.4, -0.2) is 5.91 Å². The van der Waals surface area contributed by atoms with Crippen LogP contribution in [0.15, 0.2) is 71.1 Å². The van der Waals surface area contributed by atoms with Crippen molar-refractivity contribution >= 4 is 11.6 Å². The lowest BCUT2D eigenvalue weighted by Gasteiger charge is -2.05. The molecule has 1 aromatic heterocycles. The minimum atomic E-state index is -0.170. The normalized spacial score (nSPS) is 10.3. The maximum atomic E-state index is 12.5. The van der Waals surface area contributed by atoms with Crippen molar-refractivity contribution < 1.29 is 9.21 Å². The highest BCUT2D eigenvalue weighted by Crippen LogP contribution is 2.27. The standard InChI is InChI=1S/C18H15NO2/c1-13-12-16(17(21-13)14-8-4-2-5-9-14)18(20)19-15-10-6-3-7-11-15/h2-12H,1H3,(H,19,20). The summed E-state index contributed by atoms with van der Waals surface area (Å²) in [6.45, 7) is 1.84. The Hall–Kier alpha value is -2.81. The van der Waals surface area contributed by atoms with Gasteiger partial charge in [-0.1, -0.05) is 48.5 Å². The number of nitrogens with one attached hydrogen (secondary N) is 1. The average Bonchev–Trinajstić information content (AvgIpc) is 2.91. The van der Waals surface area contributed by atoms with Crippen molar-refractivity contribution in [2.24, 2.45) is 0 Å². The Bertz CT molecular complexity index is 745. The number of aryl methyl sites for hydroxylation is 1. The van der Waals surface area contributed by atoms with Gasteiger partial charge in [0.1, 0.15) is 11.5 Å². The molecule has 0 saturated heterocycles. The van der Waals surface area contributed by atoms with Gasteiger partial charge >= 0.3 is 0 Å². The third-order valence-corrected chi connectivity index (χ3v) is 3.17. The van der Waals surface area contributed by atoms with Gasteiger partial charge in [0, 0.05) is 11.3 Å². The molecule has 3 heteroatoms. The van der Waals surface area contributed by atoms with Crippen LogP contribution in [0.3, 0.4) is 0 Å². The molecule has 0 atom stereocenters. The number of furan rings is 1. The summed E-state index contributed by atoms with van der Waals surface area (Å²) in [7, 11) is 0. The first-order valence-electron chi connectivity index (χ1n) is 6.76. The highest BCUT2D eigenvalue weighted by molar-refractivity contribution is 6.08. The molecule has 0 radical (unpaired) electrons. The van der Waals surface area contributed by atoms with Gasteiger partial charge in [0.15, 0.2) is 0 Å². The van der Waals surface area contributed by atoms with Crippen molar-refractivity contribution in [3.8, 4) is 11.3 Å². The maximum Gasteiger partial charge on any atom is 0.259 e. The zero-order chi connectivity index (χ0) is 14.7. The Kier molecular flexibility index (Phi) is 3.56. The molecule has 0 aliphatic carbocycles. The number of carbonyl (C=O) groups excluding carboxylic acids is 1. The highest BCUT2D eigenvalue weighted by Gasteiger charge is 2.18. The molecule has 3 rings (SSSR count). The predicted octanol–water partition coefficient (Wildman–Crippen LogP) is 4.51. The molecule has 1 heterocycles. The summed E-state index contributed by atoms with van der Waals surface area (Å²) in [4.78, 5) is 12.5. The summed E-state index contributed by atoms with van der Waals surface area (Å²) < 4.78 is 5.70. The monoisotopic (exact) mass is 277 g/mol. The SMILES string of the molecule is Cc1cc(C(=O)Nc2ccccc2)c(-c2ccccc2)o1. The third kappa shape index (κ3) is 2.87. The molecule has 0 saturated carbocycles. The van der Waals surface area contributed by atoms with Crippen LogP contribution < -0.4 is 5.32 Å². The molecule has 1 amide bonds. The molecule has 3 nitrogen and oxygen atoms in total. The van der Waals surface area contributed by atoms with Crippen LogP contribution in [0.5, 0.6) is 0 Å². The molecule has 0 aliphatic heterocycles. The van der Waals surface area contributed by atoms with Gasteiger partial charge in [-0.05, 0) is 25.1 Å². The number of carbonyl (C=O) groups is 1. The van der Waals surface area contributed by atoms with E-state index in [1.54, 1.807) is 6.07 Å². The molecule has 2 aromatic carbocycles. The second kappa shape index (κ2) is 5.67. The molecule has 21 heavy (non-hydrogen) atoms. The summed E-state index contributed by atoms with van der Waals surface area (Å²) >= 11 is 0. The van der Waals surface area contributed by atoms with Crippen molar-refractivity contribution in [1.82, 2.24) is 0 Å². The molecule has 0 aliphatic rings. The van der Waals surface area contributed by atoms with Crippen molar-refractivity contribution in [3.05, 3.63) is 78.1 Å². The average molecular weight is 277 g/mol. The molecular weight excluding hydrogens is 262 g/mol. The molecule has 0 fully saturated rings. The van der Waals surface area contributed by atoms with E-state index in [0.29, 0.717) is 17.1 Å². The van der Waals surface area contributed by atoms with Crippen LogP contribution in [0.2, 0.25) is 0 Å². The van der Waals surface area contributed by atoms with Gasteiger partial charge in [-0.25, -0.2) is 0 Å². The van der Waals surface area contributed by atoms with E-state index in [4.69, 9.17) is 4.42 Å². The number of benzene rings is 2. The minimum Gasteiger partial charge on any atom is -0.461 e. The van der Waals surface area contributed by atoms with Gasteiger partial charge in [0.05, 0.1) is 5.56 Å². The Morgan fingerprint density at radius 1 is 0.952 bits per heavy atom. The second-order valence-electron chi connectivity index (χ2n) is 4.79. The lowest BCUT2D eigenvalue weighted by atomic mass is 10.1. The van der Waals surface area contributed by atoms with Gasteiger partial charge in [0.25, 0.3) is 5.91 Å². The molecule has 0 unspecified atom stereocenters. The zero-order valence-electron chi connectivity index (χ0n) is 11.7. The quantitative estimate of drug-likeness (QED) is 0.765. The van der Waals surface area contributed by atoms with E-state index in [9.17, 15) is 4.79 Å². The molecule has 3 aromatic rings. The molecule has 104 valence electrons. The number of hydrogen-bond acceptors (Lipinski definition) is 2. The predicted molar refractivity (Wildman–Crippen MR) is 83.3 cm³/mol. The van der Waals surface area contributed by atoms with Crippen LogP contribution in [0.4, 0.5) is 5.69 Å². The second-order valence-corrected chi connectivity index (χ2v) is 4.79. The van der Waals surface area contributed by atoms with E-state index in [2.05, 4.69) is 5.32 Å². The fourth-order valence-electron chi connectivity index (χ4n) is 2.21. The van der Waals surface area contributed by atoms with E-state index < -0.39 is 0 Å². The Morgan fingerprint density at radius 3 is 2.24 bits per heavy atom. The number of amides is 1. The topological polar surface area (TPSA) is 42.2 Å². The van der Waals surface area contributed by atoms with Gasteiger partial charge in [-0.3, -0.25) is 4.79 Å². The van der Waals surface area contributed by atoms with E-state index >= 15 is 0 Å². The van der Waals surface area contributed by atoms with Crippen LogP contribution in [0, 0.1) is 6.92 Å². The molecule has 1 N–H and O–H groups in total. The first-order valence-corrected chi connectivity index (χ1v) is 6.76. The molecular formula is C18H15NO2. The van der Waals surface area contributed by atoms with Gasteiger partial charge in [-0.2, -0.15) is 0 Å². The summed E-state index contributed by atoms with van der Waals surface area (Å²) in [6, 6.07) is 20.8. The molecule has 0 bridgehead atoms. The largest absolute Gasteiger partial charge is 0.461 e. The van der Waals surface area contributed by atoms with Crippen LogP contribution >= 0.6 is 0 Å². The Balaban J connectivity index is 1.94. The summed E-state index contributed by atoms with van der Waals surface area (Å²) in [5.74, 6) is 1.14. The number of rotatable bonds is 3. The number of hydrogen-bond donors (Lipinski definition) is 1.